The van der Waals surface area contributed by atoms with Crippen molar-refractivity contribution in [2.75, 3.05) is 39.5 Å². The largest absolute Gasteiger partial charge is 0.491 e. The molecule has 1 aliphatic rings. The molecule has 0 N–H and O–H groups in total. The highest BCUT2D eigenvalue weighted by Crippen LogP contribution is 2.20. The number of hydrogen-bond donors (Lipinski definition) is 0. The maximum absolute atomic E-state index is 5.73. The molecule has 1 fully saturated rings. The summed E-state index contributed by atoms with van der Waals surface area (Å²) in [5.41, 5.74) is 0. The first-order chi connectivity index (χ1) is 11.5. The van der Waals surface area contributed by atoms with Crippen molar-refractivity contribution in [3.63, 3.8) is 0 Å². The van der Waals surface area contributed by atoms with Crippen molar-refractivity contribution < 1.29 is 18.9 Å². The third-order valence-corrected chi connectivity index (χ3v) is 3.72. The Balaban J connectivity index is 1.58. The Bertz CT molecular complexity index is 470. The van der Waals surface area contributed by atoms with Crippen molar-refractivity contribution in [2.45, 2.75) is 46.0 Å². The molecule has 2 rings (SSSR count). The fraction of sp³-hybridized carbons (Fsp3) is 0.684. The van der Waals surface area contributed by atoms with E-state index in [-0.39, 0.29) is 6.10 Å². The fourth-order valence-corrected chi connectivity index (χ4v) is 2.89. The van der Waals surface area contributed by atoms with Crippen LogP contribution >= 0.6 is 0 Å². The Hall–Kier alpha value is -1.30. The lowest BCUT2D eigenvalue weighted by Gasteiger charge is -2.35. The van der Waals surface area contributed by atoms with Crippen LogP contribution in [0.25, 0.3) is 0 Å². The molecule has 5 heteroatoms. The van der Waals surface area contributed by atoms with Gasteiger partial charge in [0.1, 0.15) is 18.1 Å². The highest BCUT2D eigenvalue weighted by atomic mass is 16.5. The highest BCUT2D eigenvalue weighted by Gasteiger charge is 2.21. The zero-order valence-electron chi connectivity index (χ0n) is 15.4. The summed E-state index contributed by atoms with van der Waals surface area (Å²) in [6.45, 7) is 13.0. The average Bonchev–Trinajstić information content (AvgIpc) is 2.49. The number of nitrogens with zero attached hydrogens (tertiary/aromatic N) is 1. The molecule has 0 spiro atoms. The molecule has 1 heterocycles. The molecule has 1 saturated heterocycles. The van der Waals surface area contributed by atoms with Gasteiger partial charge in [-0.05, 0) is 39.8 Å². The summed E-state index contributed by atoms with van der Waals surface area (Å²) in [6, 6.07) is 7.72. The third kappa shape index (κ3) is 7.07. The Labute approximate surface area is 145 Å². The maximum Gasteiger partial charge on any atom is 0.123 e. The second-order valence-corrected chi connectivity index (χ2v) is 6.62. The van der Waals surface area contributed by atoms with E-state index in [1.165, 1.54) is 0 Å². The van der Waals surface area contributed by atoms with Gasteiger partial charge >= 0.3 is 0 Å². The lowest BCUT2D eigenvalue weighted by atomic mass is 10.2. The van der Waals surface area contributed by atoms with Crippen molar-refractivity contribution in [3.05, 3.63) is 24.3 Å². The van der Waals surface area contributed by atoms with Crippen LogP contribution in [0.4, 0.5) is 0 Å². The van der Waals surface area contributed by atoms with Crippen LogP contribution in [0.15, 0.2) is 24.3 Å². The van der Waals surface area contributed by atoms with Crippen molar-refractivity contribution in [2.24, 2.45) is 0 Å². The normalized spacial score (nSPS) is 21.9. The molecule has 1 aromatic rings. The molecule has 1 aromatic carbocycles. The summed E-state index contributed by atoms with van der Waals surface area (Å²) in [4.78, 5) is 2.40. The number of ether oxygens (including phenoxy) is 4. The number of benzene rings is 1. The van der Waals surface area contributed by atoms with Gasteiger partial charge in [-0.25, -0.2) is 0 Å². The number of rotatable bonds is 9. The topological polar surface area (TPSA) is 40.2 Å². The number of hydrogen-bond acceptors (Lipinski definition) is 5. The molecular weight excluding hydrogens is 306 g/mol. The van der Waals surface area contributed by atoms with Crippen molar-refractivity contribution in [3.8, 4) is 11.5 Å². The van der Waals surface area contributed by atoms with Gasteiger partial charge in [-0.2, -0.15) is 0 Å². The molecule has 0 amide bonds. The highest BCUT2D eigenvalue weighted by molar-refractivity contribution is 5.33. The van der Waals surface area contributed by atoms with Gasteiger partial charge in [0, 0.05) is 25.7 Å². The summed E-state index contributed by atoms with van der Waals surface area (Å²) >= 11 is 0. The van der Waals surface area contributed by atoms with E-state index in [0.29, 0.717) is 25.4 Å². The van der Waals surface area contributed by atoms with Crippen LogP contribution in [0, 0.1) is 0 Å². The fourth-order valence-electron chi connectivity index (χ4n) is 2.89. The van der Waals surface area contributed by atoms with Crippen LogP contribution in [0.3, 0.4) is 0 Å². The van der Waals surface area contributed by atoms with Crippen LogP contribution in [0.1, 0.15) is 27.7 Å². The summed E-state index contributed by atoms with van der Waals surface area (Å²) in [5, 5.41) is 0. The molecule has 0 saturated carbocycles. The monoisotopic (exact) mass is 337 g/mol. The molecule has 0 radical (unpaired) electrons. The minimum absolute atomic E-state index is 0.161. The van der Waals surface area contributed by atoms with Gasteiger partial charge in [0.2, 0.25) is 0 Å². The van der Waals surface area contributed by atoms with E-state index >= 15 is 0 Å². The van der Waals surface area contributed by atoms with E-state index < -0.39 is 0 Å². The third-order valence-electron chi connectivity index (χ3n) is 3.72. The number of morpholine rings is 1. The van der Waals surface area contributed by atoms with Gasteiger partial charge in [-0.1, -0.05) is 6.07 Å². The molecule has 0 aromatic heterocycles. The van der Waals surface area contributed by atoms with Gasteiger partial charge in [0.05, 0.1) is 31.5 Å². The summed E-state index contributed by atoms with van der Waals surface area (Å²) in [7, 11) is 0. The molecule has 136 valence electrons. The summed E-state index contributed by atoms with van der Waals surface area (Å²) in [5.74, 6) is 1.64. The first-order valence-corrected chi connectivity index (χ1v) is 8.88. The van der Waals surface area contributed by atoms with E-state index in [0.717, 1.165) is 37.7 Å². The smallest absolute Gasteiger partial charge is 0.123 e. The summed E-state index contributed by atoms with van der Waals surface area (Å²) in [6.07, 6.45) is 0.768. The lowest BCUT2D eigenvalue weighted by molar-refractivity contribution is -0.0734. The van der Waals surface area contributed by atoms with E-state index in [2.05, 4.69) is 18.7 Å². The van der Waals surface area contributed by atoms with Crippen LogP contribution in [0.5, 0.6) is 11.5 Å². The Morgan fingerprint density at radius 3 is 2.50 bits per heavy atom. The molecule has 1 aliphatic heterocycles. The Morgan fingerprint density at radius 2 is 1.79 bits per heavy atom. The quantitative estimate of drug-likeness (QED) is 0.648. The van der Waals surface area contributed by atoms with Crippen molar-refractivity contribution >= 4 is 0 Å². The zero-order chi connectivity index (χ0) is 17.4. The summed E-state index contributed by atoms with van der Waals surface area (Å²) < 4.78 is 22.8. The van der Waals surface area contributed by atoms with Gasteiger partial charge in [0.25, 0.3) is 0 Å². The van der Waals surface area contributed by atoms with Gasteiger partial charge in [-0.3, -0.25) is 4.90 Å². The molecule has 24 heavy (non-hydrogen) atoms. The Kier molecular flexibility index (Phi) is 7.82. The predicted octanol–water partition coefficient (Wildman–Crippen LogP) is 2.98. The zero-order valence-corrected chi connectivity index (χ0v) is 15.4. The molecule has 0 aliphatic carbocycles. The minimum Gasteiger partial charge on any atom is -0.491 e. The van der Waals surface area contributed by atoms with E-state index in [4.69, 9.17) is 18.9 Å². The van der Waals surface area contributed by atoms with Gasteiger partial charge in [-0.15, -0.1) is 0 Å². The molecular formula is C19H31NO4. The van der Waals surface area contributed by atoms with Crippen LogP contribution < -0.4 is 9.47 Å². The minimum atomic E-state index is 0.161. The molecule has 5 nitrogen and oxygen atoms in total. The van der Waals surface area contributed by atoms with E-state index in [1.807, 2.05) is 38.1 Å². The maximum atomic E-state index is 5.73. The Morgan fingerprint density at radius 1 is 1.08 bits per heavy atom. The van der Waals surface area contributed by atoms with Gasteiger partial charge < -0.3 is 18.9 Å². The SMILES string of the molecule is CC(C)Oc1cccc(OCCOCCN2C[C@H](C)O[C@@H](C)C2)c1. The van der Waals surface area contributed by atoms with Crippen molar-refractivity contribution in [1.82, 2.24) is 4.90 Å². The second kappa shape index (κ2) is 9.87. The first kappa shape index (κ1) is 19.0. The van der Waals surface area contributed by atoms with E-state index in [1.54, 1.807) is 0 Å². The van der Waals surface area contributed by atoms with Gasteiger partial charge in [0.15, 0.2) is 0 Å². The molecule has 0 bridgehead atoms. The lowest BCUT2D eigenvalue weighted by Crippen LogP contribution is -2.46. The van der Waals surface area contributed by atoms with Crippen LogP contribution in [-0.2, 0) is 9.47 Å². The van der Waals surface area contributed by atoms with Crippen molar-refractivity contribution in [1.29, 1.82) is 0 Å². The predicted molar refractivity (Wildman–Crippen MR) is 95.0 cm³/mol. The van der Waals surface area contributed by atoms with Crippen LogP contribution in [0.2, 0.25) is 0 Å². The standard InChI is InChI=1S/C19H31NO4/c1-15(2)23-19-7-5-6-18(12-19)22-11-10-21-9-8-20-13-16(3)24-17(4)14-20/h5-7,12,15-17H,8-11,13-14H2,1-4H3/t16-,17-/m0/s1. The molecule has 0 unspecified atom stereocenters. The second-order valence-electron chi connectivity index (χ2n) is 6.62. The van der Waals surface area contributed by atoms with Crippen LogP contribution in [-0.4, -0.2) is 62.7 Å². The average molecular weight is 337 g/mol. The molecule has 2 atom stereocenters. The van der Waals surface area contributed by atoms with E-state index in [9.17, 15) is 0 Å². The first-order valence-electron chi connectivity index (χ1n) is 8.88.